The minimum Gasteiger partial charge on any atom is -0.398 e. The fourth-order valence-corrected chi connectivity index (χ4v) is 4.34. The highest BCUT2D eigenvalue weighted by molar-refractivity contribution is 8.01. The number of amides is 1. The Labute approximate surface area is 150 Å². The number of aromatic nitrogens is 3. The van der Waals surface area contributed by atoms with Crippen molar-refractivity contribution in [1.82, 2.24) is 15.2 Å². The van der Waals surface area contributed by atoms with Gasteiger partial charge in [-0.15, -0.1) is 21.5 Å². The molecule has 1 aromatic carbocycles. The van der Waals surface area contributed by atoms with Crippen LogP contribution in [0, 0.1) is 6.92 Å². The Morgan fingerprint density at radius 2 is 2.25 bits per heavy atom. The van der Waals surface area contributed by atoms with Gasteiger partial charge >= 0.3 is 0 Å². The molecule has 0 aliphatic carbocycles. The maximum atomic E-state index is 12.4. The summed E-state index contributed by atoms with van der Waals surface area (Å²) in [5, 5.41) is 22.7. The number of aliphatic hydroxyl groups excluding tert-OH is 1. The summed E-state index contributed by atoms with van der Waals surface area (Å²) in [6.07, 6.45) is 0. The molecule has 2 heterocycles. The normalized spacial score (nSPS) is 10.8. The van der Waals surface area contributed by atoms with Crippen LogP contribution in [0.4, 0.5) is 10.8 Å². The van der Waals surface area contributed by atoms with Gasteiger partial charge in [-0.3, -0.25) is 10.1 Å². The molecular formula is C14H13N5O2S3. The SMILES string of the molecule is Cc1nnc(Sc2ccc(N)c(C(=O)Nc3nc(CO)cs3)c2)s1. The predicted molar refractivity (Wildman–Crippen MR) is 95.6 cm³/mol. The lowest BCUT2D eigenvalue weighted by Crippen LogP contribution is -2.14. The topological polar surface area (TPSA) is 114 Å². The average Bonchev–Trinajstić information content (AvgIpc) is 3.18. The number of hydrogen-bond donors (Lipinski definition) is 3. The standard InChI is InChI=1S/C14H13N5O2S3/c1-7-18-19-14(23-7)24-9-2-3-11(15)10(4-9)12(21)17-13-16-8(5-20)6-22-13/h2-4,6,20H,5,15H2,1H3,(H,16,17,21). The number of benzene rings is 1. The van der Waals surface area contributed by atoms with E-state index in [1.54, 1.807) is 17.5 Å². The molecule has 3 rings (SSSR count). The van der Waals surface area contributed by atoms with Crippen LogP contribution >= 0.6 is 34.4 Å². The largest absolute Gasteiger partial charge is 0.398 e. The molecule has 0 atom stereocenters. The summed E-state index contributed by atoms with van der Waals surface area (Å²) in [6, 6.07) is 5.24. The van der Waals surface area contributed by atoms with Gasteiger partial charge in [0.1, 0.15) is 5.01 Å². The van der Waals surface area contributed by atoms with E-state index >= 15 is 0 Å². The Bertz CT molecular complexity index is 877. The number of rotatable bonds is 5. The molecule has 0 radical (unpaired) electrons. The molecule has 2 aromatic heterocycles. The molecule has 3 aromatic rings. The lowest BCUT2D eigenvalue weighted by Gasteiger charge is -2.07. The molecule has 0 aliphatic rings. The molecular weight excluding hydrogens is 366 g/mol. The maximum Gasteiger partial charge on any atom is 0.259 e. The van der Waals surface area contributed by atoms with E-state index in [0.29, 0.717) is 22.1 Å². The summed E-state index contributed by atoms with van der Waals surface area (Å²) < 4.78 is 0.802. The van der Waals surface area contributed by atoms with Crippen molar-refractivity contribution in [2.45, 2.75) is 22.8 Å². The van der Waals surface area contributed by atoms with Crippen molar-refractivity contribution in [2.75, 3.05) is 11.1 Å². The van der Waals surface area contributed by atoms with Crippen molar-refractivity contribution in [3.63, 3.8) is 0 Å². The molecule has 1 amide bonds. The quantitative estimate of drug-likeness (QED) is 0.584. The third kappa shape index (κ3) is 3.90. The van der Waals surface area contributed by atoms with Gasteiger partial charge in [0.05, 0.1) is 17.9 Å². The summed E-state index contributed by atoms with van der Waals surface area (Å²) >= 11 is 4.16. The molecule has 10 heteroatoms. The fraction of sp³-hybridized carbons (Fsp3) is 0.143. The zero-order valence-corrected chi connectivity index (χ0v) is 15.0. The van der Waals surface area contributed by atoms with Gasteiger partial charge in [-0.1, -0.05) is 23.1 Å². The molecule has 0 saturated carbocycles. The van der Waals surface area contributed by atoms with Crippen LogP contribution < -0.4 is 11.1 Å². The Morgan fingerprint density at radius 1 is 1.42 bits per heavy atom. The Balaban J connectivity index is 1.78. The highest BCUT2D eigenvalue weighted by Gasteiger charge is 2.14. The molecule has 0 aliphatic heterocycles. The number of nitrogens with two attached hydrogens (primary N) is 1. The Hall–Kier alpha value is -2.01. The smallest absolute Gasteiger partial charge is 0.259 e. The van der Waals surface area contributed by atoms with E-state index in [-0.39, 0.29) is 12.5 Å². The van der Waals surface area contributed by atoms with Gasteiger partial charge in [-0.2, -0.15) is 0 Å². The van der Waals surface area contributed by atoms with E-state index in [1.807, 2.05) is 13.0 Å². The number of carbonyl (C=O) groups excluding carboxylic acids is 1. The Morgan fingerprint density at radius 3 is 2.92 bits per heavy atom. The van der Waals surface area contributed by atoms with Crippen LogP contribution in [-0.4, -0.2) is 26.2 Å². The number of nitrogens with zero attached hydrogens (tertiary/aromatic N) is 3. The molecule has 0 fully saturated rings. The van der Waals surface area contributed by atoms with E-state index in [4.69, 9.17) is 10.8 Å². The van der Waals surface area contributed by atoms with Crippen LogP contribution in [0.15, 0.2) is 32.8 Å². The van der Waals surface area contributed by atoms with Gasteiger partial charge in [0.25, 0.3) is 5.91 Å². The number of aliphatic hydroxyl groups is 1. The third-order valence-electron chi connectivity index (χ3n) is 2.92. The molecule has 0 bridgehead atoms. The van der Waals surface area contributed by atoms with Gasteiger partial charge in [0, 0.05) is 16.0 Å². The van der Waals surface area contributed by atoms with Gasteiger partial charge in [-0.25, -0.2) is 4.98 Å². The molecule has 0 saturated heterocycles. The van der Waals surface area contributed by atoms with Crippen LogP contribution in [0.1, 0.15) is 21.1 Å². The summed E-state index contributed by atoms with van der Waals surface area (Å²) in [6.45, 7) is 1.72. The lowest BCUT2D eigenvalue weighted by atomic mass is 10.1. The van der Waals surface area contributed by atoms with E-state index in [0.717, 1.165) is 14.2 Å². The van der Waals surface area contributed by atoms with Crippen molar-refractivity contribution in [3.05, 3.63) is 39.8 Å². The average molecular weight is 379 g/mol. The zero-order valence-electron chi connectivity index (χ0n) is 12.5. The molecule has 0 unspecified atom stereocenters. The van der Waals surface area contributed by atoms with E-state index in [1.165, 1.54) is 34.4 Å². The zero-order chi connectivity index (χ0) is 17.1. The van der Waals surface area contributed by atoms with Crippen LogP contribution in [0.3, 0.4) is 0 Å². The minimum atomic E-state index is -0.345. The van der Waals surface area contributed by atoms with Crippen molar-refractivity contribution < 1.29 is 9.90 Å². The minimum absolute atomic E-state index is 0.165. The fourth-order valence-electron chi connectivity index (χ4n) is 1.82. The number of anilines is 2. The van der Waals surface area contributed by atoms with Gasteiger partial charge in [0.15, 0.2) is 9.47 Å². The highest BCUT2D eigenvalue weighted by atomic mass is 32.2. The van der Waals surface area contributed by atoms with Crippen LogP contribution in [0.2, 0.25) is 0 Å². The number of nitrogens with one attached hydrogen (secondary N) is 1. The van der Waals surface area contributed by atoms with Crippen LogP contribution in [-0.2, 0) is 6.61 Å². The third-order valence-corrected chi connectivity index (χ3v) is 5.60. The van der Waals surface area contributed by atoms with Gasteiger partial charge < -0.3 is 10.8 Å². The van der Waals surface area contributed by atoms with Crippen molar-refractivity contribution in [1.29, 1.82) is 0 Å². The summed E-state index contributed by atoms with van der Waals surface area (Å²) in [5.74, 6) is -0.345. The Kier molecular flexibility index (Phi) is 5.09. The number of nitrogen functional groups attached to an aromatic ring is 1. The highest BCUT2D eigenvalue weighted by Crippen LogP contribution is 2.32. The summed E-state index contributed by atoms with van der Waals surface area (Å²) in [5.41, 5.74) is 7.18. The number of hydrogen-bond acceptors (Lipinski definition) is 9. The van der Waals surface area contributed by atoms with Crippen molar-refractivity contribution in [3.8, 4) is 0 Å². The second kappa shape index (κ2) is 7.26. The number of carbonyl (C=O) groups is 1. The predicted octanol–water partition coefficient (Wildman–Crippen LogP) is 2.78. The monoisotopic (exact) mass is 379 g/mol. The van der Waals surface area contributed by atoms with Crippen LogP contribution in [0.25, 0.3) is 0 Å². The second-order valence-corrected chi connectivity index (χ2v) is 8.05. The number of aryl methyl sites for hydroxylation is 1. The second-order valence-electron chi connectivity index (χ2n) is 4.69. The maximum absolute atomic E-state index is 12.4. The molecule has 0 spiro atoms. The summed E-state index contributed by atoms with van der Waals surface area (Å²) in [7, 11) is 0. The molecule has 4 N–H and O–H groups in total. The molecule has 24 heavy (non-hydrogen) atoms. The lowest BCUT2D eigenvalue weighted by molar-refractivity contribution is 0.102. The van der Waals surface area contributed by atoms with Crippen LogP contribution in [0.5, 0.6) is 0 Å². The number of thiazole rings is 1. The van der Waals surface area contributed by atoms with Crippen molar-refractivity contribution in [2.24, 2.45) is 0 Å². The first-order chi connectivity index (χ1) is 11.5. The van der Waals surface area contributed by atoms with Crippen molar-refractivity contribution >= 4 is 51.2 Å². The molecule has 7 nitrogen and oxygen atoms in total. The van der Waals surface area contributed by atoms with E-state index in [2.05, 4.69) is 20.5 Å². The van der Waals surface area contributed by atoms with Gasteiger partial charge in [0.2, 0.25) is 0 Å². The first-order valence-corrected chi connectivity index (χ1v) is 9.30. The summed E-state index contributed by atoms with van der Waals surface area (Å²) in [4.78, 5) is 17.4. The first kappa shape index (κ1) is 16.8. The van der Waals surface area contributed by atoms with E-state index < -0.39 is 0 Å². The molecule has 124 valence electrons. The van der Waals surface area contributed by atoms with Gasteiger partial charge in [-0.05, 0) is 25.1 Å². The van der Waals surface area contributed by atoms with E-state index in [9.17, 15) is 4.79 Å². The first-order valence-electron chi connectivity index (χ1n) is 6.79.